The molecule has 0 bridgehead atoms. The van der Waals surface area contributed by atoms with Crippen LogP contribution in [0.5, 0.6) is 0 Å². The summed E-state index contributed by atoms with van der Waals surface area (Å²) in [6, 6.07) is 8.24. The summed E-state index contributed by atoms with van der Waals surface area (Å²) in [5.74, 6) is 5.70. The molecular weight excluding hydrogens is 244 g/mol. The third-order valence-corrected chi connectivity index (χ3v) is 3.88. The Balaban J connectivity index is 2.15. The van der Waals surface area contributed by atoms with Gasteiger partial charge in [-0.05, 0) is 22.4 Å². The Labute approximate surface area is 108 Å². The average Bonchev–Trinajstić information content (AvgIpc) is 2.90. The van der Waals surface area contributed by atoms with Crippen LogP contribution >= 0.6 is 11.3 Å². The van der Waals surface area contributed by atoms with Crippen LogP contribution in [-0.4, -0.2) is 9.97 Å². The summed E-state index contributed by atoms with van der Waals surface area (Å²) in [6.07, 6.45) is 5.08. The molecule has 3 rings (SSSR count). The molecule has 3 aromatic rings. The number of hydrogen-bond acceptors (Lipinski definition) is 5. The number of aromatic nitrogens is 2. The fourth-order valence-electron chi connectivity index (χ4n) is 2.07. The molecular formula is C13H12N4S. The van der Waals surface area contributed by atoms with E-state index in [0.717, 1.165) is 11.1 Å². The first-order valence-electron chi connectivity index (χ1n) is 5.57. The third-order valence-electron chi connectivity index (χ3n) is 2.90. The van der Waals surface area contributed by atoms with Crippen molar-refractivity contribution in [3.63, 3.8) is 0 Å². The summed E-state index contributed by atoms with van der Waals surface area (Å²) in [5, 5.41) is 3.32. The van der Waals surface area contributed by atoms with Gasteiger partial charge < -0.3 is 0 Å². The second-order valence-electron chi connectivity index (χ2n) is 3.96. The number of nitrogens with one attached hydrogen (secondary N) is 1. The number of hydrazine groups is 1. The summed E-state index contributed by atoms with van der Waals surface area (Å²) in [7, 11) is 0. The van der Waals surface area contributed by atoms with Gasteiger partial charge in [-0.15, -0.1) is 11.3 Å². The van der Waals surface area contributed by atoms with Crippen molar-refractivity contribution in [1.82, 2.24) is 15.4 Å². The normalized spacial score (nSPS) is 12.7. The van der Waals surface area contributed by atoms with E-state index in [1.807, 2.05) is 6.07 Å². The van der Waals surface area contributed by atoms with Gasteiger partial charge in [0.2, 0.25) is 0 Å². The van der Waals surface area contributed by atoms with E-state index in [0.29, 0.717) is 0 Å². The van der Waals surface area contributed by atoms with Crippen molar-refractivity contribution in [1.29, 1.82) is 0 Å². The van der Waals surface area contributed by atoms with Crippen LogP contribution in [0.25, 0.3) is 10.1 Å². The molecule has 0 saturated carbocycles. The fraction of sp³-hybridized carbons (Fsp3) is 0.0769. The zero-order valence-electron chi connectivity index (χ0n) is 9.58. The Hall–Kier alpha value is -1.82. The van der Waals surface area contributed by atoms with Crippen molar-refractivity contribution in [3.05, 3.63) is 59.5 Å². The maximum atomic E-state index is 5.70. The minimum absolute atomic E-state index is 0.0893. The number of rotatable bonds is 3. The monoisotopic (exact) mass is 256 g/mol. The molecule has 0 aliphatic heterocycles. The Kier molecular flexibility index (Phi) is 3.02. The van der Waals surface area contributed by atoms with Crippen LogP contribution in [0, 0.1) is 0 Å². The number of nitrogens with two attached hydrogens (primary N) is 1. The number of benzene rings is 1. The molecule has 0 aliphatic rings. The second kappa shape index (κ2) is 4.81. The zero-order valence-corrected chi connectivity index (χ0v) is 10.4. The molecule has 3 N–H and O–H groups in total. The Morgan fingerprint density at radius 1 is 1.17 bits per heavy atom. The summed E-state index contributed by atoms with van der Waals surface area (Å²) in [4.78, 5) is 8.09. The van der Waals surface area contributed by atoms with Crippen LogP contribution < -0.4 is 11.3 Å². The van der Waals surface area contributed by atoms with Gasteiger partial charge in [0.15, 0.2) is 0 Å². The number of thiophene rings is 1. The number of hydrogen-bond donors (Lipinski definition) is 2. The maximum Gasteiger partial charge on any atom is 0.115 e. The standard InChI is InChI=1S/C13H12N4S/c14-17-12(10-6-15-8-16-7-10)11-3-1-2-9-4-5-18-13(9)11/h1-8,12,17H,14H2. The van der Waals surface area contributed by atoms with Crippen LogP contribution in [0.4, 0.5) is 0 Å². The molecule has 2 heterocycles. The van der Waals surface area contributed by atoms with E-state index >= 15 is 0 Å². The van der Waals surface area contributed by atoms with Gasteiger partial charge in [0.25, 0.3) is 0 Å². The van der Waals surface area contributed by atoms with Gasteiger partial charge in [-0.1, -0.05) is 18.2 Å². The lowest BCUT2D eigenvalue weighted by Gasteiger charge is -2.16. The van der Waals surface area contributed by atoms with Crippen molar-refractivity contribution in [2.24, 2.45) is 5.84 Å². The molecule has 0 fully saturated rings. The zero-order chi connectivity index (χ0) is 12.4. The van der Waals surface area contributed by atoms with E-state index in [1.54, 1.807) is 23.7 Å². The van der Waals surface area contributed by atoms with E-state index in [-0.39, 0.29) is 6.04 Å². The third kappa shape index (κ3) is 1.88. The molecule has 1 atom stereocenters. The predicted molar refractivity (Wildman–Crippen MR) is 73.0 cm³/mol. The van der Waals surface area contributed by atoms with Gasteiger partial charge in [-0.2, -0.15) is 0 Å². The molecule has 0 spiro atoms. The predicted octanol–water partition coefficient (Wildman–Crippen LogP) is 2.24. The Bertz CT molecular complexity index is 650. The molecule has 0 radical (unpaired) electrons. The molecule has 18 heavy (non-hydrogen) atoms. The van der Waals surface area contributed by atoms with Crippen LogP contribution in [0.2, 0.25) is 0 Å². The first-order valence-corrected chi connectivity index (χ1v) is 6.45. The highest BCUT2D eigenvalue weighted by atomic mass is 32.1. The highest BCUT2D eigenvalue weighted by molar-refractivity contribution is 7.17. The van der Waals surface area contributed by atoms with E-state index in [1.165, 1.54) is 16.4 Å². The largest absolute Gasteiger partial charge is 0.271 e. The molecule has 1 unspecified atom stereocenters. The lowest BCUT2D eigenvalue weighted by Crippen LogP contribution is -2.29. The maximum absolute atomic E-state index is 5.70. The molecule has 1 aromatic carbocycles. The Morgan fingerprint density at radius 2 is 2.00 bits per heavy atom. The fourth-order valence-corrected chi connectivity index (χ4v) is 3.01. The van der Waals surface area contributed by atoms with Crippen LogP contribution in [0.3, 0.4) is 0 Å². The molecule has 0 aliphatic carbocycles. The molecule has 0 saturated heterocycles. The van der Waals surface area contributed by atoms with Crippen molar-refractivity contribution < 1.29 is 0 Å². The molecule has 2 aromatic heterocycles. The van der Waals surface area contributed by atoms with Crippen molar-refractivity contribution in [3.8, 4) is 0 Å². The molecule has 5 heteroatoms. The van der Waals surface area contributed by atoms with Crippen molar-refractivity contribution in [2.75, 3.05) is 0 Å². The van der Waals surface area contributed by atoms with Crippen molar-refractivity contribution in [2.45, 2.75) is 6.04 Å². The first kappa shape index (κ1) is 11.3. The van der Waals surface area contributed by atoms with Gasteiger partial charge >= 0.3 is 0 Å². The highest BCUT2D eigenvalue weighted by Gasteiger charge is 2.16. The lowest BCUT2D eigenvalue weighted by atomic mass is 10.0. The minimum atomic E-state index is -0.0893. The van der Waals surface area contributed by atoms with Crippen molar-refractivity contribution >= 4 is 21.4 Å². The van der Waals surface area contributed by atoms with Crippen LogP contribution in [0.15, 0.2) is 48.4 Å². The first-order chi connectivity index (χ1) is 8.90. The lowest BCUT2D eigenvalue weighted by molar-refractivity contribution is 0.636. The van der Waals surface area contributed by atoms with E-state index < -0.39 is 0 Å². The average molecular weight is 256 g/mol. The molecule has 90 valence electrons. The van der Waals surface area contributed by atoms with Crippen LogP contribution in [-0.2, 0) is 0 Å². The summed E-state index contributed by atoms with van der Waals surface area (Å²) in [5.41, 5.74) is 4.96. The highest BCUT2D eigenvalue weighted by Crippen LogP contribution is 2.31. The topological polar surface area (TPSA) is 63.8 Å². The molecule has 4 nitrogen and oxygen atoms in total. The number of fused-ring (bicyclic) bond motifs is 1. The summed E-state index contributed by atoms with van der Waals surface area (Å²) in [6.45, 7) is 0. The second-order valence-corrected chi connectivity index (χ2v) is 4.87. The van der Waals surface area contributed by atoms with Gasteiger partial charge in [0, 0.05) is 22.7 Å². The summed E-state index contributed by atoms with van der Waals surface area (Å²) < 4.78 is 1.24. The van der Waals surface area contributed by atoms with Gasteiger partial charge in [-0.25, -0.2) is 15.4 Å². The van der Waals surface area contributed by atoms with Gasteiger partial charge in [-0.3, -0.25) is 5.84 Å². The van der Waals surface area contributed by atoms with Crippen LogP contribution in [0.1, 0.15) is 17.2 Å². The van der Waals surface area contributed by atoms with E-state index in [9.17, 15) is 0 Å². The van der Waals surface area contributed by atoms with Gasteiger partial charge in [0.1, 0.15) is 6.33 Å². The quantitative estimate of drug-likeness (QED) is 0.557. The van der Waals surface area contributed by atoms with E-state index in [2.05, 4.69) is 39.0 Å². The van der Waals surface area contributed by atoms with Gasteiger partial charge in [0.05, 0.1) is 6.04 Å². The number of nitrogens with zero attached hydrogens (tertiary/aromatic N) is 2. The molecule has 0 amide bonds. The SMILES string of the molecule is NNC(c1cncnc1)c1cccc2ccsc12. The smallest absolute Gasteiger partial charge is 0.115 e. The minimum Gasteiger partial charge on any atom is -0.271 e. The summed E-state index contributed by atoms with van der Waals surface area (Å²) >= 11 is 1.72. The van der Waals surface area contributed by atoms with E-state index in [4.69, 9.17) is 5.84 Å². The Morgan fingerprint density at radius 3 is 2.78 bits per heavy atom.